The molecule has 0 N–H and O–H groups in total. The maximum Gasteiger partial charge on any atom is 0.343 e. The highest BCUT2D eigenvalue weighted by molar-refractivity contribution is 6.76. The second-order valence-electron chi connectivity index (χ2n) is 10.7. The Morgan fingerprint density at radius 3 is 2.30 bits per heavy atom. The van der Waals surface area contributed by atoms with E-state index in [2.05, 4.69) is 33.5 Å². The first-order valence-electron chi connectivity index (χ1n) is 11.6. The molecule has 1 aliphatic carbocycles. The van der Waals surface area contributed by atoms with Crippen LogP contribution in [0.2, 0.25) is 25.7 Å². The average molecular weight is 469 g/mol. The van der Waals surface area contributed by atoms with Crippen molar-refractivity contribution in [2.24, 2.45) is 0 Å². The molecule has 2 aromatic carbocycles. The lowest BCUT2D eigenvalue weighted by molar-refractivity contribution is 0.0525. The molecular weight excluding hydrogens is 432 g/mol. The lowest BCUT2D eigenvalue weighted by atomic mass is 9.68. The molecule has 0 saturated carbocycles. The van der Waals surface area contributed by atoms with Crippen molar-refractivity contribution in [3.63, 3.8) is 0 Å². The Morgan fingerprint density at radius 1 is 1.00 bits per heavy atom. The Morgan fingerprint density at radius 2 is 1.67 bits per heavy atom. The van der Waals surface area contributed by atoms with E-state index in [1.165, 1.54) is 11.1 Å². The minimum absolute atomic E-state index is 0.0710. The zero-order valence-corrected chi connectivity index (χ0v) is 21.7. The Bertz CT molecular complexity index is 989. The van der Waals surface area contributed by atoms with Crippen LogP contribution in [0.25, 0.3) is 0 Å². The van der Waals surface area contributed by atoms with E-state index in [-0.39, 0.29) is 17.3 Å². The molecule has 0 bridgehead atoms. The van der Waals surface area contributed by atoms with Crippen LogP contribution in [0, 0.1) is 0 Å². The molecule has 0 aromatic heterocycles. The fourth-order valence-electron chi connectivity index (χ4n) is 4.20. The molecule has 0 radical (unpaired) electrons. The Hall–Kier alpha value is -2.44. The molecule has 3 rings (SSSR count). The van der Waals surface area contributed by atoms with E-state index in [0.717, 1.165) is 18.9 Å². The van der Waals surface area contributed by atoms with Gasteiger partial charge in [0.15, 0.2) is 0 Å². The molecule has 178 valence electrons. The van der Waals surface area contributed by atoms with Gasteiger partial charge in [-0.25, -0.2) is 9.59 Å². The number of hydrogen-bond donors (Lipinski definition) is 0. The van der Waals surface area contributed by atoms with Crippen molar-refractivity contribution >= 4 is 20.0 Å². The molecule has 2 aromatic rings. The first kappa shape index (κ1) is 25.2. The first-order chi connectivity index (χ1) is 15.5. The molecule has 0 saturated heterocycles. The van der Waals surface area contributed by atoms with Gasteiger partial charge in [0.2, 0.25) is 0 Å². The van der Waals surface area contributed by atoms with Crippen molar-refractivity contribution in [1.82, 2.24) is 0 Å². The number of carbonyl (C=O) groups excluding carboxylic acids is 2. The molecule has 0 amide bonds. The molecular formula is C27H36O5Si. The summed E-state index contributed by atoms with van der Waals surface area (Å²) in [5.74, 6) is -0.0995. The van der Waals surface area contributed by atoms with Gasteiger partial charge < -0.3 is 14.2 Å². The summed E-state index contributed by atoms with van der Waals surface area (Å²) >= 11 is 0. The summed E-state index contributed by atoms with van der Waals surface area (Å²) in [6, 6.07) is 13.3. The van der Waals surface area contributed by atoms with Gasteiger partial charge in [-0.2, -0.15) is 0 Å². The van der Waals surface area contributed by atoms with Crippen molar-refractivity contribution in [2.75, 3.05) is 20.3 Å². The van der Waals surface area contributed by atoms with Gasteiger partial charge in [0.05, 0.1) is 24.3 Å². The molecule has 33 heavy (non-hydrogen) atoms. The summed E-state index contributed by atoms with van der Waals surface area (Å²) in [5, 5.41) is 0. The summed E-state index contributed by atoms with van der Waals surface area (Å²) in [4.78, 5) is 25.1. The summed E-state index contributed by atoms with van der Waals surface area (Å²) in [6.07, 6.45) is 2.12. The zero-order chi connectivity index (χ0) is 24.2. The van der Waals surface area contributed by atoms with Crippen LogP contribution in [0.4, 0.5) is 0 Å². The van der Waals surface area contributed by atoms with Crippen LogP contribution in [0.1, 0.15) is 64.4 Å². The summed E-state index contributed by atoms with van der Waals surface area (Å²) in [5.41, 5.74) is 3.47. The number of esters is 2. The predicted octanol–water partition coefficient (Wildman–Crippen LogP) is 6.20. The van der Waals surface area contributed by atoms with Crippen LogP contribution in [0.5, 0.6) is 5.75 Å². The third-order valence-electron chi connectivity index (χ3n) is 6.33. The van der Waals surface area contributed by atoms with Gasteiger partial charge in [-0.1, -0.05) is 39.6 Å². The smallest absolute Gasteiger partial charge is 0.343 e. The highest BCUT2D eigenvalue weighted by Crippen LogP contribution is 2.43. The Labute approximate surface area is 198 Å². The topological polar surface area (TPSA) is 61.8 Å². The largest absolute Gasteiger partial charge is 0.462 e. The van der Waals surface area contributed by atoms with E-state index in [0.29, 0.717) is 30.1 Å². The molecule has 0 heterocycles. The number of fused-ring (bicyclic) bond motifs is 1. The van der Waals surface area contributed by atoms with Gasteiger partial charge >= 0.3 is 11.9 Å². The van der Waals surface area contributed by atoms with E-state index < -0.39 is 14.0 Å². The second-order valence-corrected chi connectivity index (χ2v) is 16.4. The van der Waals surface area contributed by atoms with Crippen LogP contribution in [-0.2, 0) is 14.9 Å². The molecule has 0 aliphatic heterocycles. The number of rotatable bonds is 8. The van der Waals surface area contributed by atoms with Gasteiger partial charge in [-0.3, -0.25) is 0 Å². The van der Waals surface area contributed by atoms with Gasteiger partial charge in [0.1, 0.15) is 5.75 Å². The Balaban J connectivity index is 1.68. The highest BCUT2D eigenvalue weighted by atomic mass is 28.3. The number of carbonyl (C=O) groups is 2. The third kappa shape index (κ3) is 6.55. The lowest BCUT2D eigenvalue weighted by Crippen LogP contribution is -2.28. The maximum absolute atomic E-state index is 12.8. The zero-order valence-electron chi connectivity index (χ0n) is 20.7. The minimum atomic E-state index is -1.25. The van der Waals surface area contributed by atoms with E-state index in [1.807, 2.05) is 18.2 Å². The number of benzene rings is 2. The van der Waals surface area contributed by atoms with E-state index in [4.69, 9.17) is 14.2 Å². The van der Waals surface area contributed by atoms with E-state index in [9.17, 15) is 9.59 Å². The van der Waals surface area contributed by atoms with Crippen LogP contribution in [0.15, 0.2) is 42.5 Å². The van der Waals surface area contributed by atoms with Crippen LogP contribution >= 0.6 is 0 Å². The minimum Gasteiger partial charge on any atom is -0.462 e. The van der Waals surface area contributed by atoms with Crippen LogP contribution < -0.4 is 4.74 Å². The van der Waals surface area contributed by atoms with Gasteiger partial charge in [0, 0.05) is 21.1 Å². The molecule has 5 nitrogen and oxygen atoms in total. The molecule has 0 spiro atoms. The summed E-state index contributed by atoms with van der Waals surface area (Å²) < 4.78 is 16.4. The number of methoxy groups -OCH3 is 1. The number of ether oxygens (including phenoxy) is 3. The predicted molar refractivity (Wildman–Crippen MR) is 133 cm³/mol. The van der Waals surface area contributed by atoms with E-state index in [1.54, 1.807) is 31.4 Å². The standard InChI is InChI=1S/C27H36O5Si/c1-27(2)14-13-21(18-30-3)23-17-20(9-12-24(23)27)26(29)32-22-10-7-19(8-11-22)25(28)31-15-16-33(4,5)6/h7-12,17,21H,13-16,18H2,1-6H3. The van der Waals surface area contributed by atoms with Crippen molar-refractivity contribution in [3.8, 4) is 5.75 Å². The monoisotopic (exact) mass is 468 g/mol. The molecule has 6 heteroatoms. The van der Waals surface area contributed by atoms with Gasteiger partial charge in [0.25, 0.3) is 0 Å². The molecule has 0 fully saturated rings. The average Bonchev–Trinajstić information content (AvgIpc) is 2.75. The quantitative estimate of drug-likeness (QED) is 0.262. The fourth-order valence-corrected chi connectivity index (χ4v) is 4.92. The number of hydrogen-bond acceptors (Lipinski definition) is 5. The van der Waals surface area contributed by atoms with Gasteiger partial charge in [-0.05, 0) is 71.8 Å². The second kappa shape index (κ2) is 10.2. The highest BCUT2D eigenvalue weighted by Gasteiger charge is 2.33. The molecule has 1 aliphatic rings. The van der Waals surface area contributed by atoms with Crippen molar-refractivity contribution in [3.05, 3.63) is 64.7 Å². The van der Waals surface area contributed by atoms with Crippen molar-refractivity contribution < 1.29 is 23.8 Å². The molecule has 1 atom stereocenters. The maximum atomic E-state index is 12.8. The molecule has 1 unspecified atom stereocenters. The van der Waals surface area contributed by atoms with Crippen LogP contribution in [0.3, 0.4) is 0 Å². The van der Waals surface area contributed by atoms with E-state index >= 15 is 0 Å². The fraction of sp³-hybridized carbons (Fsp3) is 0.481. The van der Waals surface area contributed by atoms with Crippen molar-refractivity contribution in [2.45, 2.75) is 63.7 Å². The Kier molecular flexibility index (Phi) is 7.80. The lowest BCUT2D eigenvalue weighted by Gasteiger charge is -2.37. The van der Waals surface area contributed by atoms with Crippen molar-refractivity contribution in [1.29, 1.82) is 0 Å². The SMILES string of the molecule is COCC1CCC(C)(C)c2ccc(C(=O)Oc3ccc(C(=O)OCC[Si](C)(C)C)cc3)cc21. The summed E-state index contributed by atoms with van der Waals surface area (Å²) in [6.45, 7) is 12.3. The van der Waals surface area contributed by atoms with Gasteiger partial charge in [-0.15, -0.1) is 0 Å². The van der Waals surface area contributed by atoms with Crippen LogP contribution in [-0.4, -0.2) is 40.3 Å². The third-order valence-corrected chi connectivity index (χ3v) is 8.03. The first-order valence-corrected chi connectivity index (χ1v) is 15.3. The summed E-state index contributed by atoms with van der Waals surface area (Å²) in [7, 11) is 0.459. The normalized spacial score (nSPS) is 17.2.